The van der Waals surface area contributed by atoms with Gasteiger partial charge in [0.1, 0.15) is 0 Å². The van der Waals surface area contributed by atoms with Crippen LogP contribution in [-0.2, 0) is 0 Å². The first-order valence-corrected chi connectivity index (χ1v) is 6.64. The Morgan fingerprint density at radius 2 is 1.78 bits per heavy atom. The van der Waals surface area contributed by atoms with Crippen molar-refractivity contribution in [3.8, 4) is 0 Å². The molecule has 0 unspecified atom stereocenters. The van der Waals surface area contributed by atoms with Crippen LogP contribution in [0.2, 0.25) is 0 Å². The molecule has 0 aromatic heterocycles. The van der Waals surface area contributed by atoms with E-state index in [-0.39, 0.29) is 24.0 Å². The van der Waals surface area contributed by atoms with Gasteiger partial charge in [0.2, 0.25) is 0 Å². The van der Waals surface area contributed by atoms with Crippen LogP contribution >= 0.6 is 24.0 Å². The van der Waals surface area contributed by atoms with E-state index in [4.69, 9.17) is 0 Å². The summed E-state index contributed by atoms with van der Waals surface area (Å²) < 4.78 is 0. The van der Waals surface area contributed by atoms with E-state index in [1.165, 1.54) is 12.8 Å². The van der Waals surface area contributed by atoms with Gasteiger partial charge in [0.05, 0.1) is 0 Å². The van der Waals surface area contributed by atoms with E-state index in [1.807, 2.05) is 7.05 Å². The van der Waals surface area contributed by atoms with Gasteiger partial charge in [0.15, 0.2) is 5.96 Å². The second-order valence-corrected chi connectivity index (χ2v) is 5.08. The molecule has 0 bridgehead atoms. The van der Waals surface area contributed by atoms with Gasteiger partial charge >= 0.3 is 0 Å². The maximum Gasteiger partial charge on any atom is 0.191 e. The van der Waals surface area contributed by atoms with Crippen molar-refractivity contribution in [3.63, 3.8) is 0 Å². The lowest BCUT2D eigenvalue weighted by molar-refractivity contribution is 0.268. The first-order valence-electron chi connectivity index (χ1n) is 6.64. The average Bonchev–Trinajstić information content (AvgIpc) is 2.25. The Morgan fingerprint density at radius 1 is 1.17 bits per heavy atom. The third kappa shape index (κ3) is 11.1. The number of rotatable bonds is 7. The molecular weight excluding hydrogens is 339 g/mol. The van der Waals surface area contributed by atoms with Crippen LogP contribution in [0.15, 0.2) is 4.99 Å². The van der Waals surface area contributed by atoms with E-state index in [0.717, 1.165) is 19.0 Å². The molecule has 2 N–H and O–H groups in total. The van der Waals surface area contributed by atoms with Gasteiger partial charge in [-0.05, 0) is 54.1 Å². The molecular formula is C13H31IN4. The Morgan fingerprint density at radius 3 is 2.22 bits per heavy atom. The number of hydrogen-bond donors (Lipinski definition) is 2. The molecule has 0 rings (SSSR count). The number of halogens is 1. The molecule has 0 aliphatic rings. The smallest absolute Gasteiger partial charge is 0.191 e. The first-order chi connectivity index (χ1) is 7.97. The summed E-state index contributed by atoms with van der Waals surface area (Å²) in [5.74, 6) is 0.900. The minimum absolute atomic E-state index is 0. The molecule has 0 aromatic carbocycles. The fraction of sp³-hybridized carbons (Fsp3) is 0.923. The van der Waals surface area contributed by atoms with Gasteiger partial charge in [0.25, 0.3) is 0 Å². The van der Waals surface area contributed by atoms with Gasteiger partial charge in [-0.15, -0.1) is 24.0 Å². The Balaban J connectivity index is 0. The lowest BCUT2D eigenvalue weighted by Crippen LogP contribution is -2.41. The SMILES string of the molecule is CN=C(NCCCCN(C)C(C)C)NC(C)C.I. The molecule has 0 fully saturated rings. The standard InChI is InChI=1S/C13H30N4.HI/c1-11(2)16-13(14-5)15-9-7-8-10-17(6)12(3)4;/h11-12H,7-10H2,1-6H3,(H2,14,15,16);1H. The topological polar surface area (TPSA) is 39.7 Å². The largest absolute Gasteiger partial charge is 0.356 e. The average molecular weight is 370 g/mol. The molecule has 0 aliphatic heterocycles. The van der Waals surface area contributed by atoms with Gasteiger partial charge in [-0.25, -0.2) is 0 Å². The molecule has 0 saturated heterocycles. The fourth-order valence-corrected chi connectivity index (χ4v) is 1.42. The molecule has 0 saturated carbocycles. The predicted molar refractivity (Wildman–Crippen MR) is 92.0 cm³/mol. The summed E-state index contributed by atoms with van der Waals surface area (Å²) in [6.45, 7) is 10.8. The molecule has 0 aromatic rings. The minimum Gasteiger partial charge on any atom is -0.356 e. The van der Waals surface area contributed by atoms with Crippen LogP contribution in [0.4, 0.5) is 0 Å². The zero-order chi connectivity index (χ0) is 13.3. The third-order valence-electron chi connectivity index (χ3n) is 2.76. The maximum absolute atomic E-state index is 4.17. The second-order valence-electron chi connectivity index (χ2n) is 5.08. The Hall–Kier alpha value is -0.0400. The number of aliphatic imine (C=N–C) groups is 1. The van der Waals surface area contributed by atoms with Crippen LogP contribution < -0.4 is 10.6 Å². The summed E-state index contributed by atoms with van der Waals surface area (Å²) in [6.07, 6.45) is 2.40. The number of nitrogens with zero attached hydrogens (tertiary/aromatic N) is 2. The number of guanidine groups is 1. The molecule has 0 aliphatic carbocycles. The molecule has 18 heavy (non-hydrogen) atoms. The Labute approximate surface area is 130 Å². The van der Waals surface area contributed by atoms with Crippen LogP contribution in [0.25, 0.3) is 0 Å². The quantitative estimate of drug-likeness (QED) is 0.313. The summed E-state index contributed by atoms with van der Waals surface area (Å²) >= 11 is 0. The predicted octanol–water partition coefficient (Wildman–Crippen LogP) is 2.30. The van der Waals surface area contributed by atoms with Crippen molar-refractivity contribution in [2.75, 3.05) is 27.2 Å². The van der Waals surface area contributed by atoms with Gasteiger partial charge in [-0.1, -0.05) is 0 Å². The number of nitrogens with one attached hydrogen (secondary N) is 2. The molecule has 0 atom stereocenters. The van der Waals surface area contributed by atoms with Gasteiger partial charge in [-0.2, -0.15) is 0 Å². The normalized spacial score (nSPS) is 11.9. The molecule has 0 spiro atoms. The number of hydrogen-bond acceptors (Lipinski definition) is 2. The van der Waals surface area contributed by atoms with Gasteiger partial charge in [-0.3, -0.25) is 4.99 Å². The molecule has 5 heteroatoms. The van der Waals surface area contributed by atoms with Gasteiger partial charge < -0.3 is 15.5 Å². The van der Waals surface area contributed by atoms with Crippen molar-refractivity contribution in [1.29, 1.82) is 0 Å². The van der Waals surface area contributed by atoms with Crippen molar-refractivity contribution in [3.05, 3.63) is 0 Å². The molecule has 4 nitrogen and oxygen atoms in total. The van der Waals surface area contributed by atoms with E-state index in [2.05, 4.69) is 55.3 Å². The van der Waals surface area contributed by atoms with Crippen LogP contribution in [0, 0.1) is 0 Å². The van der Waals surface area contributed by atoms with Crippen molar-refractivity contribution in [1.82, 2.24) is 15.5 Å². The summed E-state index contributed by atoms with van der Waals surface area (Å²) in [4.78, 5) is 6.55. The lowest BCUT2D eigenvalue weighted by Gasteiger charge is -2.21. The molecule has 0 radical (unpaired) electrons. The highest BCUT2D eigenvalue weighted by Gasteiger charge is 2.02. The third-order valence-corrected chi connectivity index (χ3v) is 2.76. The maximum atomic E-state index is 4.17. The van der Waals surface area contributed by atoms with E-state index < -0.39 is 0 Å². The zero-order valence-corrected chi connectivity index (χ0v) is 15.1. The van der Waals surface area contributed by atoms with Crippen LogP contribution in [0.3, 0.4) is 0 Å². The first kappa shape index (κ1) is 20.3. The Kier molecular flexibility index (Phi) is 13.5. The van der Waals surface area contributed by atoms with Crippen molar-refractivity contribution < 1.29 is 0 Å². The van der Waals surface area contributed by atoms with E-state index >= 15 is 0 Å². The highest BCUT2D eigenvalue weighted by atomic mass is 127. The van der Waals surface area contributed by atoms with E-state index in [0.29, 0.717) is 12.1 Å². The lowest BCUT2D eigenvalue weighted by atomic mass is 10.2. The summed E-state index contributed by atoms with van der Waals surface area (Å²) in [5.41, 5.74) is 0. The molecule has 110 valence electrons. The highest BCUT2D eigenvalue weighted by molar-refractivity contribution is 14.0. The minimum atomic E-state index is 0. The summed E-state index contributed by atoms with van der Waals surface area (Å²) in [7, 11) is 3.99. The van der Waals surface area contributed by atoms with Crippen LogP contribution in [0.1, 0.15) is 40.5 Å². The van der Waals surface area contributed by atoms with Crippen LogP contribution in [0.5, 0.6) is 0 Å². The van der Waals surface area contributed by atoms with Crippen molar-refractivity contribution >= 4 is 29.9 Å². The zero-order valence-electron chi connectivity index (χ0n) is 12.8. The fourth-order valence-electron chi connectivity index (χ4n) is 1.42. The van der Waals surface area contributed by atoms with Gasteiger partial charge in [0, 0.05) is 25.7 Å². The molecule has 0 heterocycles. The number of unbranched alkanes of at least 4 members (excludes halogenated alkanes) is 1. The molecule has 0 amide bonds. The van der Waals surface area contributed by atoms with E-state index in [9.17, 15) is 0 Å². The Bertz CT molecular complexity index is 217. The van der Waals surface area contributed by atoms with Crippen molar-refractivity contribution in [2.24, 2.45) is 4.99 Å². The second kappa shape index (κ2) is 12.0. The van der Waals surface area contributed by atoms with Crippen LogP contribution in [-0.4, -0.2) is 50.1 Å². The summed E-state index contributed by atoms with van der Waals surface area (Å²) in [6, 6.07) is 1.06. The highest BCUT2D eigenvalue weighted by Crippen LogP contribution is 1.97. The monoisotopic (exact) mass is 370 g/mol. The van der Waals surface area contributed by atoms with E-state index in [1.54, 1.807) is 0 Å². The van der Waals surface area contributed by atoms with Crippen molar-refractivity contribution in [2.45, 2.75) is 52.6 Å². The summed E-state index contributed by atoms with van der Waals surface area (Å²) in [5, 5.41) is 6.60.